The third-order valence-corrected chi connectivity index (χ3v) is 2.95. The van der Waals surface area contributed by atoms with E-state index in [-0.39, 0.29) is 11.2 Å². The van der Waals surface area contributed by atoms with Crippen LogP contribution < -0.4 is 20.4 Å². The molecule has 0 aromatic heterocycles. The smallest absolute Gasteiger partial charge is 0.203 e. The Balaban J connectivity index is 2.54. The topological polar surface area (TPSA) is 18.5 Å². The summed E-state index contributed by atoms with van der Waals surface area (Å²) in [4.78, 5) is 0. The molecule has 1 radical (unpaired) electrons. The number of hydrogen-bond donors (Lipinski definition) is 0. The number of rotatable bonds is 4. The molecule has 0 aliphatic heterocycles. The van der Waals surface area contributed by atoms with E-state index in [4.69, 9.17) is 0 Å². The van der Waals surface area contributed by atoms with E-state index in [9.17, 15) is 22.0 Å². The highest BCUT2D eigenvalue weighted by Crippen LogP contribution is 2.19. The van der Waals surface area contributed by atoms with Gasteiger partial charge >= 0.3 is 0 Å². The lowest BCUT2D eigenvalue weighted by Crippen LogP contribution is -2.35. The molecule has 22 heavy (non-hydrogen) atoms. The van der Waals surface area contributed by atoms with Gasteiger partial charge in [0.1, 0.15) is 5.82 Å². The minimum absolute atomic E-state index is 0.322. The van der Waals surface area contributed by atoms with Crippen LogP contribution in [0, 0.1) is 29.1 Å². The van der Waals surface area contributed by atoms with Crippen molar-refractivity contribution in [3.63, 3.8) is 0 Å². The zero-order valence-electron chi connectivity index (χ0n) is 11.5. The molecule has 0 aliphatic carbocycles. The predicted molar refractivity (Wildman–Crippen MR) is 70.8 cm³/mol. The zero-order chi connectivity index (χ0) is 16.4. The summed E-state index contributed by atoms with van der Waals surface area (Å²) in [6, 6.07) is 1.93. The van der Waals surface area contributed by atoms with E-state index in [1.54, 1.807) is 0 Å². The first-order valence-electron chi connectivity index (χ1n) is 5.98. The second-order valence-electron chi connectivity index (χ2n) is 4.25. The molecule has 2 aromatic rings. The Labute approximate surface area is 123 Å². The second-order valence-corrected chi connectivity index (χ2v) is 4.25. The second kappa shape index (κ2) is 6.25. The zero-order valence-corrected chi connectivity index (χ0v) is 11.5. The van der Waals surface area contributed by atoms with Crippen LogP contribution in [-0.4, -0.2) is 21.5 Å². The van der Waals surface area contributed by atoms with Gasteiger partial charge in [-0.2, -0.15) is 0 Å². The first-order valence-corrected chi connectivity index (χ1v) is 5.98. The van der Waals surface area contributed by atoms with Gasteiger partial charge in [0, 0.05) is 12.1 Å². The summed E-state index contributed by atoms with van der Waals surface area (Å²) in [7, 11) is 2.92. The summed E-state index contributed by atoms with van der Waals surface area (Å²) in [5.74, 6) is -7.00. The molecule has 0 aliphatic rings. The average Bonchev–Trinajstić information content (AvgIpc) is 2.49. The molecule has 2 aromatic carbocycles. The molecule has 0 amide bonds. The first kappa shape index (κ1) is 16.1. The van der Waals surface area contributed by atoms with Crippen LogP contribution in [-0.2, 0) is 0 Å². The van der Waals surface area contributed by atoms with Crippen LogP contribution in [0.5, 0.6) is 11.5 Å². The van der Waals surface area contributed by atoms with E-state index < -0.39 is 40.3 Å². The number of benzene rings is 2. The van der Waals surface area contributed by atoms with Crippen molar-refractivity contribution >= 4 is 18.2 Å². The number of methoxy groups -OCH3 is 2. The van der Waals surface area contributed by atoms with Crippen molar-refractivity contribution in [2.24, 2.45) is 0 Å². The minimum atomic E-state index is -1.51. The largest absolute Gasteiger partial charge is 0.494 e. The van der Waals surface area contributed by atoms with E-state index in [1.807, 2.05) is 0 Å². The van der Waals surface area contributed by atoms with E-state index in [1.165, 1.54) is 0 Å². The number of halogens is 5. The normalized spacial score (nSPS) is 10.5. The molecular weight excluding hydrogens is 306 g/mol. The fourth-order valence-electron chi connectivity index (χ4n) is 1.84. The molecule has 0 fully saturated rings. The maximum absolute atomic E-state index is 14.0. The van der Waals surface area contributed by atoms with Crippen molar-refractivity contribution < 1.29 is 31.4 Å². The molecule has 0 spiro atoms. The quantitative estimate of drug-likeness (QED) is 0.488. The number of hydrogen-bond acceptors (Lipinski definition) is 2. The lowest BCUT2D eigenvalue weighted by Gasteiger charge is -2.11. The molecule has 2 nitrogen and oxygen atoms in total. The molecule has 2 rings (SSSR count). The Kier molecular flexibility index (Phi) is 4.58. The Morgan fingerprint density at radius 3 is 1.95 bits per heavy atom. The number of ether oxygens (including phenoxy) is 2. The summed E-state index contributed by atoms with van der Waals surface area (Å²) in [5.41, 5.74) is -1.21. The van der Waals surface area contributed by atoms with Crippen LogP contribution in [0.15, 0.2) is 18.2 Å². The van der Waals surface area contributed by atoms with Crippen LogP contribution in [0.2, 0.25) is 0 Å². The highest BCUT2D eigenvalue weighted by Gasteiger charge is 2.22. The van der Waals surface area contributed by atoms with E-state index in [0.29, 0.717) is 19.4 Å². The van der Waals surface area contributed by atoms with Crippen molar-refractivity contribution in [2.75, 3.05) is 14.2 Å². The molecule has 0 atom stereocenters. The van der Waals surface area contributed by atoms with E-state index >= 15 is 0 Å². The SMILES string of the molecule is COc1cc([B]c2c(F)c(F)cc(OC)c2F)c(F)cc1F. The predicted octanol–water partition coefficient (Wildman–Crippen LogP) is 2.05. The average molecular weight is 315 g/mol. The van der Waals surface area contributed by atoms with Crippen LogP contribution in [0.25, 0.3) is 0 Å². The van der Waals surface area contributed by atoms with E-state index in [2.05, 4.69) is 9.47 Å². The lowest BCUT2D eigenvalue weighted by atomic mass is 9.63. The van der Waals surface area contributed by atoms with Crippen LogP contribution in [0.3, 0.4) is 0 Å². The van der Waals surface area contributed by atoms with Gasteiger partial charge in [-0.05, 0) is 17.0 Å². The first-order chi connectivity index (χ1) is 10.4. The minimum Gasteiger partial charge on any atom is -0.494 e. The molecular formula is C14H9BF5O2. The van der Waals surface area contributed by atoms with Crippen LogP contribution in [0.4, 0.5) is 22.0 Å². The Bertz CT molecular complexity index is 721. The third kappa shape index (κ3) is 2.86. The van der Waals surface area contributed by atoms with Gasteiger partial charge in [0.2, 0.25) is 7.28 Å². The van der Waals surface area contributed by atoms with Gasteiger partial charge in [-0.15, -0.1) is 0 Å². The van der Waals surface area contributed by atoms with Gasteiger partial charge in [0.25, 0.3) is 0 Å². The third-order valence-electron chi connectivity index (χ3n) is 2.95. The molecule has 0 heterocycles. The highest BCUT2D eigenvalue weighted by atomic mass is 19.2. The Hall–Kier alpha value is -2.25. The molecule has 0 saturated heterocycles. The summed E-state index contributed by atoms with van der Waals surface area (Å²) < 4.78 is 77.4. The van der Waals surface area contributed by atoms with E-state index in [0.717, 1.165) is 20.3 Å². The standard InChI is InChI=1S/C14H9BF5O2/c1-21-10-3-6(7(16)4-8(10)17)15-12-13(19)9(18)5-11(22-2)14(12)20/h3-5H,1-2H3. The molecule has 0 saturated carbocycles. The van der Waals surface area contributed by atoms with Gasteiger partial charge < -0.3 is 9.47 Å². The fourth-order valence-corrected chi connectivity index (χ4v) is 1.84. The summed E-state index contributed by atoms with van der Waals surface area (Å²) in [6.07, 6.45) is 0. The lowest BCUT2D eigenvalue weighted by molar-refractivity contribution is 0.379. The summed E-state index contributed by atoms with van der Waals surface area (Å²) in [5, 5.41) is 0. The van der Waals surface area contributed by atoms with Gasteiger partial charge in [0.15, 0.2) is 34.8 Å². The molecule has 0 bridgehead atoms. The summed E-state index contributed by atoms with van der Waals surface area (Å²) >= 11 is 0. The van der Waals surface area contributed by atoms with Crippen LogP contribution in [0.1, 0.15) is 0 Å². The maximum atomic E-state index is 14.0. The monoisotopic (exact) mass is 315 g/mol. The van der Waals surface area contributed by atoms with Gasteiger partial charge in [-0.1, -0.05) is 0 Å². The van der Waals surface area contributed by atoms with Crippen molar-refractivity contribution in [3.05, 3.63) is 47.3 Å². The molecule has 0 unspecified atom stereocenters. The van der Waals surface area contributed by atoms with Crippen LogP contribution >= 0.6 is 0 Å². The van der Waals surface area contributed by atoms with Crippen molar-refractivity contribution in [2.45, 2.75) is 0 Å². The maximum Gasteiger partial charge on any atom is 0.203 e. The van der Waals surface area contributed by atoms with Gasteiger partial charge in [-0.3, -0.25) is 0 Å². The summed E-state index contributed by atoms with van der Waals surface area (Å²) in [6.45, 7) is 0. The van der Waals surface area contributed by atoms with Gasteiger partial charge in [-0.25, -0.2) is 22.0 Å². The Morgan fingerprint density at radius 1 is 0.727 bits per heavy atom. The Morgan fingerprint density at radius 2 is 1.36 bits per heavy atom. The van der Waals surface area contributed by atoms with Crippen molar-refractivity contribution in [1.82, 2.24) is 0 Å². The van der Waals surface area contributed by atoms with Crippen molar-refractivity contribution in [3.8, 4) is 11.5 Å². The molecule has 0 N–H and O–H groups in total. The van der Waals surface area contributed by atoms with Gasteiger partial charge in [0.05, 0.1) is 14.2 Å². The molecule has 8 heteroatoms. The van der Waals surface area contributed by atoms with Crippen molar-refractivity contribution in [1.29, 1.82) is 0 Å². The highest BCUT2D eigenvalue weighted by molar-refractivity contribution is 6.67. The molecule has 115 valence electrons. The fraction of sp³-hybridized carbons (Fsp3) is 0.143.